The molecule has 78 valence electrons. The van der Waals surface area contributed by atoms with Gasteiger partial charge < -0.3 is 8.92 Å². The summed E-state index contributed by atoms with van der Waals surface area (Å²) in [5, 5.41) is 0. The summed E-state index contributed by atoms with van der Waals surface area (Å²) in [4.78, 5) is 0. The predicted octanol–water partition coefficient (Wildman–Crippen LogP) is 1.17. The van der Waals surface area contributed by atoms with Gasteiger partial charge in [0.05, 0.1) is 13.4 Å². The van der Waals surface area contributed by atoms with Crippen molar-refractivity contribution in [3.05, 3.63) is 24.0 Å². The van der Waals surface area contributed by atoms with Gasteiger partial charge in [-0.05, 0) is 12.1 Å². The van der Waals surface area contributed by atoms with Crippen molar-refractivity contribution in [2.45, 2.75) is 0 Å². The minimum Gasteiger partial charge on any atom is -0.493 e. The quantitative estimate of drug-likeness (QED) is 0.717. The zero-order chi connectivity index (χ0) is 10.8. The first kappa shape index (κ1) is 10.8. The topological polar surface area (TPSA) is 52.6 Å². The fourth-order valence-corrected chi connectivity index (χ4v) is 1.34. The molecule has 1 rings (SSSR count). The maximum Gasteiger partial charge on any atom is 0.306 e. The van der Waals surface area contributed by atoms with Crippen LogP contribution in [0.2, 0.25) is 0 Å². The van der Waals surface area contributed by atoms with E-state index in [1.165, 1.54) is 13.2 Å². The highest BCUT2D eigenvalue weighted by atomic mass is 32.2. The second kappa shape index (κ2) is 3.83. The molecular formula is C8H9FO4S. The van der Waals surface area contributed by atoms with Crippen LogP contribution in [0.15, 0.2) is 18.2 Å². The summed E-state index contributed by atoms with van der Waals surface area (Å²) in [5.74, 6) is -0.519. The molecule has 0 radical (unpaired) electrons. The molecule has 6 heteroatoms. The standard InChI is InChI=1S/C8H9FO4S/c1-12-8-5-6(9)3-4-7(8)13-14(2,10)11/h3-5H,1-2H3. The van der Waals surface area contributed by atoms with Crippen LogP contribution in [-0.2, 0) is 10.1 Å². The molecule has 0 aliphatic rings. The smallest absolute Gasteiger partial charge is 0.306 e. The first-order chi connectivity index (χ1) is 6.42. The van der Waals surface area contributed by atoms with Crippen molar-refractivity contribution in [2.75, 3.05) is 13.4 Å². The molecule has 0 spiro atoms. The van der Waals surface area contributed by atoms with Crippen molar-refractivity contribution in [1.29, 1.82) is 0 Å². The average molecular weight is 220 g/mol. The summed E-state index contributed by atoms with van der Waals surface area (Å²) in [6, 6.07) is 3.32. The summed E-state index contributed by atoms with van der Waals surface area (Å²) in [7, 11) is -2.33. The molecular weight excluding hydrogens is 211 g/mol. The molecule has 14 heavy (non-hydrogen) atoms. The van der Waals surface area contributed by atoms with Crippen LogP contribution in [0.4, 0.5) is 4.39 Å². The third kappa shape index (κ3) is 2.88. The summed E-state index contributed by atoms with van der Waals surface area (Å²) < 4.78 is 43.5. The molecule has 0 unspecified atom stereocenters. The van der Waals surface area contributed by atoms with E-state index >= 15 is 0 Å². The minimum absolute atomic E-state index is 0.0311. The zero-order valence-electron chi connectivity index (χ0n) is 7.65. The van der Waals surface area contributed by atoms with Crippen molar-refractivity contribution < 1.29 is 21.7 Å². The van der Waals surface area contributed by atoms with Crippen LogP contribution in [-0.4, -0.2) is 21.8 Å². The molecule has 0 aliphatic carbocycles. The van der Waals surface area contributed by atoms with E-state index in [2.05, 4.69) is 4.18 Å². The molecule has 0 aromatic heterocycles. The SMILES string of the molecule is COc1cc(F)ccc1OS(C)(=O)=O. The highest BCUT2D eigenvalue weighted by Gasteiger charge is 2.10. The number of rotatable bonds is 3. The predicted molar refractivity (Wildman–Crippen MR) is 48.4 cm³/mol. The molecule has 0 saturated carbocycles. The van der Waals surface area contributed by atoms with Gasteiger partial charge in [0.1, 0.15) is 5.82 Å². The first-order valence-corrected chi connectivity index (χ1v) is 5.47. The molecule has 0 N–H and O–H groups in total. The van der Waals surface area contributed by atoms with Gasteiger partial charge in [0.15, 0.2) is 11.5 Å². The molecule has 1 aromatic carbocycles. The average Bonchev–Trinajstić information content (AvgIpc) is 2.06. The lowest BCUT2D eigenvalue weighted by Crippen LogP contribution is -2.06. The van der Waals surface area contributed by atoms with Gasteiger partial charge in [0, 0.05) is 6.07 Å². The molecule has 0 heterocycles. The van der Waals surface area contributed by atoms with Crippen LogP contribution in [0.3, 0.4) is 0 Å². The molecule has 0 aliphatic heterocycles. The van der Waals surface area contributed by atoms with Crippen LogP contribution in [0.1, 0.15) is 0 Å². The van der Waals surface area contributed by atoms with Gasteiger partial charge in [-0.2, -0.15) is 8.42 Å². The van der Waals surface area contributed by atoms with Gasteiger partial charge in [-0.25, -0.2) is 4.39 Å². The highest BCUT2D eigenvalue weighted by Crippen LogP contribution is 2.28. The molecule has 0 saturated heterocycles. The van der Waals surface area contributed by atoms with E-state index in [4.69, 9.17) is 4.74 Å². The van der Waals surface area contributed by atoms with Crippen LogP contribution in [0, 0.1) is 5.82 Å². The van der Waals surface area contributed by atoms with Gasteiger partial charge in [-0.15, -0.1) is 0 Å². The van der Waals surface area contributed by atoms with Crippen molar-refractivity contribution >= 4 is 10.1 Å². The Morgan fingerprint density at radius 2 is 1.93 bits per heavy atom. The van der Waals surface area contributed by atoms with Crippen molar-refractivity contribution in [3.8, 4) is 11.5 Å². The second-order valence-corrected chi connectivity index (χ2v) is 4.16. The lowest BCUT2D eigenvalue weighted by atomic mass is 10.3. The zero-order valence-corrected chi connectivity index (χ0v) is 8.47. The van der Waals surface area contributed by atoms with Crippen LogP contribution >= 0.6 is 0 Å². The van der Waals surface area contributed by atoms with E-state index < -0.39 is 15.9 Å². The third-order valence-corrected chi connectivity index (χ3v) is 1.85. The van der Waals surface area contributed by atoms with E-state index in [0.717, 1.165) is 18.4 Å². The van der Waals surface area contributed by atoms with E-state index in [9.17, 15) is 12.8 Å². The summed E-state index contributed by atoms with van der Waals surface area (Å²) in [5.41, 5.74) is 0. The summed E-state index contributed by atoms with van der Waals surface area (Å²) >= 11 is 0. The highest BCUT2D eigenvalue weighted by molar-refractivity contribution is 7.86. The van der Waals surface area contributed by atoms with E-state index in [-0.39, 0.29) is 11.5 Å². The maximum atomic E-state index is 12.7. The Labute approximate surface area is 81.4 Å². The normalized spacial score (nSPS) is 11.1. The van der Waals surface area contributed by atoms with Crippen molar-refractivity contribution in [2.24, 2.45) is 0 Å². The second-order valence-electron chi connectivity index (χ2n) is 2.58. The van der Waals surface area contributed by atoms with Crippen LogP contribution in [0.5, 0.6) is 11.5 Å². The molecule has 0 atom stereocenters. The minimum atomic E-state index is -3.63. The van der Waals surface area contributed by atoms with Gasteiger partial charge in [0.2, 0.25) is 0 Å². The molecule has 0 fully saturated rings. The van der Waals surface area contributed by atoms with Crippen molar-refractivity contribution in [3.63, 3.8) is 0 Å². The molecule has 4 nitrogen and oxygen atoms in total. The van der Waals surface area contributed by atoms with E-state index in [0.29, 0.717) is 0 Å². The number of methoxy groups -OCH3 is 1. The Balaban J connectivity index is 3.09. The largest absolute Gasteiger partial charge is 0.493 e. The maximum absolute atomic E-state index is 12.7. The Hall–Kier alpha value is -1.30. The van der Waals surface area contributed by atoms with Crippen LogP contribution in [0.25, 0.3) is 0 Å². The van der Waals surface area contributed by atoms with E-state index in [1.54, 1.807) is 0 Å². The lowest BCUT2D eigenvalue weighted by Gasteiger charge is -2.07. The van der Waals surface area contributed by atoms with Gasteiger partial charge in [-0.1, -0.05) is 0 Å². The van der Waals surface area contributed by atoms with Gasteiger partial charge in [0.25, 0.3) is 0 Å². The van der Waals surface area contributed by atoms with E-state index in [1.807, 2.05) is 0 Å². The number of ether oxygens (including phenoxy) is 1. The third-order valence-electron chi connectivity index (χ3n) is 1.37. The lowest BCUT2D eigenvalue weighted by molar-refractivity contribution is 0.388. The van der Waals surface area contributed by atoms with Crippen molar-refractivity contribution in [1.82, 2.24) is 0 Å². The molecule has 0 bridgehead atoms. The first-order valence-electron chi connectivity index (χ1n) is 3.65. The number of hydrogen-bond acceptors (Lipinski definition) is 4. The Morgan fingerprint density at radius 3 is 2.43 bits per heavy atom. The number of halogens is 1. The molecule has 0 amide bonds. The number of benzene rings is 1. The summed E-state index contributed by atoms with van der Waals surface area (Å²) in [6.07, 6.45) is 0.899. The number of hydrogen-bond donors (Lipinski definition) is 0. The Morgan fingerprint density at radius 1 is 1.29 bits per heavy atom. The van der Waals surface area contributed by atoms with Crippen LogP contribution < -0.4 is 8.92 Å². The Bertz CT molecular complexity index is 427. The Kier molecular flexibility index (Phi) is 2.95. The van der Waals surface area contributed by atoms with Gasteiger partial charge >= 0.3 is 10.1 Å². The van der Waals surface area contributed by atoms with Gasteiger partial charge in [-0.3, -0.25) is 0 Å². The monoisotopic (exact) mass is 220 g/mol. The molecule has 1 aromatic rings. The summed E-state index contributed by atoms with van der Waals surface area (Å²) in [6.45, 7) is 0. The fourth-order valence-electron chi connectivity index (χ4n) is 0.873. The fraction of sp³-hybridized carbons (Fsp3) is 0.250.